The van der Waals surface area contributed by atoms with Crippen molar-refractivity contribution in [1.82, 2.24) is 10.2 Å². The van der Waals surface area contributed by atoms with Gasteiger partial charge in [-0.25, -0.2) is 0 Å². The van der Waals surface area contributed by atoms with Crippen LogP contribution in [0.1, 0.15) is 42.9 Å². The molecule has 1 heterocycles. The minimum absolute atomic E-state index is 0.377. The topological polar surface area (TPSA) is 63.9 Å². The second kappa shape index (κ2) is 5.90. The molecule has 0 amide bonds. The number of methoxy groups -OCH3 is 1. The van der Waals surface area contributed by atoms with Crippen LogP contribution in [-0.2, 0) is 0 Å². The highest BCUT2D eigenvalue weighted by Gasteiger charge is 2.24. The average Bonchev–Trinajstić information content (AvgIpc) is 2.90. The number of aromatic nitrogens is 2. The van der Waals surface area contributed by atoms with Gasteiger partial charge in [0, 0.05) is 23.2 Å². The van der Waals surface area contributed by atoms with Crippen LogP contribution >= 0.6 is 0 Å². The molecular formula is C17H23N3O. The number of hydrogen-bond acceptors (Lipinski definition) is 3. The zero-order valence-electron chi connectivity index (χ0n) is 12.7. The molecule has 0 atom stereocenters. The minimum atomic E-state index is 0.377. The molecule has 3 N–H and O–H groups in total. The van der Waals surface area contributed by atoms with Gasteiger partial charge in [-0.05, 0) is 50.3 Å². The van der Waals surface area contributed by atoms with Gasteiger partial charge in [0.2, 0.25) is 0 Å². The van der Waals surface area contributed by atoms with Crippen molar-refractivity contribution in [2.75, 3.05) is 7.11 Å². The van der Waals surface area contributed by atoms with E-state index in [0.29, 0.717) is 12.0 Å². The summed E-state index contributed by atoms with van der Waals surface area (Å²) in [5.74, 6) is 1.43. The number of aromatic amines is 1. The van der Waals surface area contributed by atoms with Crippen LogP contribution in [0, 0.1) is 6.92 Å². The number of ether oxygens (including phenoxy) is 1. The molecule has 0 spiro atoms. The van der Waals surface area contributed by atoms with Crippen molar-refractivity contribution >= 4 is 0 Å². The third-order valence-corrected chi connectivity index (χ3v) is 4.57. The Hall–Kier alpha value is -1.81. The first-order valence-corrected chi connectivity index (χ1v) is 7.64. The summed E-state index contributed by atoms with van der Waals surface area (Å²) in [5, 5.41) is 7.81. The van der Waals surface area contributed by atoms with Crippen LogP contribution in [0.3, 0.4) is 0 Å². The van der Waals surface area contributed by atoms with Crippen molar-refractivity contribution < 1.29 is 4.74 Å². The first-order chi connectivity index (χ1) is 10.2. The lowest BCUT2D eigenvalue weighted by atomic mass is 9.83. The van der Waals surface area contributed by atoms with Gasteiger partial charge in [-0.1, -0.05) is 12.1 Å². The smallest absolute Gasteiger partial charge is 0.119 e. The van der Waals surface area contributed by atoms with Gasteiger partial charge in [-0.2, -0.15) is 5.10 Å². The van der Waals surface area contributed by atoms with E-state index in [1.165, 1.54) is 11.3 Å². The largest absolute Gasteiger partial charge is 0.497 e. The number of hydrogen-bond donors (Lipinski definition) is 2. The van der Waals surface area contributed by atoms with Gasteiger partial charge < -0.3 is 10.5 Å². The number of rotatable bonds is 3. The van der Waals surface area contributed by atoms with Gasteiger partial charge in [0.25, 0.3) is 0 Å². The van der Waals surface area contributed by atoms with Crippen LogP contribution in [0.15, 0.2) is 24.3 Å². The zero-order valence-corrected chi connectivity index (χ0v) is 12.7. The van der Waals surface area contributed by atoms with Crippen LogP contribution in [0.25, 0.3) is 11.3 Å². The Bertz CT molecular complexity index is 612. The molecule has 1 aromatic carbocycles. The van der Waals surface area contributed by atoms with Gasteiger partial charge >= 0.3 is 0 Å². The number of H-pyrrole nitrogens is 1. The SMILES string of the molecule is COc1cccc(-c2n[nH]c(C3CCC(N)CC3)c2C)c1. The van der Waals surface area contributed by atoms with Gasteiger partial charge in [0.15, 0.2) is 0 Å². The summed E-state index contributed by atoms with van der Waals surface area (Å²) in [4.78, 5) is 0. The van der Waals surface area contributed by atoms with Crippen molar-refractivity contribution in [3.05, 3.63) is 35.5 Å². The number of benzene rings is 1. The highest BCUT2D eigenvalue weighted by atomic mass is 16.5. The van der Waals surface area contributed by atoms with E-state index >= 15 is 0 Å². The third-order valence-electron chi connectivity index (χ3n) is 4.57. The molecule has 0 bridgehead atoms. The lowest BCUT2D eigenvalue weighted by Crippen LogP contribution is -2.26. The fourth-order valence-electron chi connectivity index (χ4n) is 3.27. The monoisotopic (exact) mass is 285 g/mol. The lowest BCUT2D eigenvalue weighted by molar-refractivity contribution is 0.389. The van der Waals surface area contributed by atoms with E-state index in [1.807, 2.05) is 18.2 Å². The Morgan fingerprint density at radius 1 is 1.24 bits per heavy atom. The fourth-order valence-corrected chi connectivity index (χ4v) is 3.27. The van der Waals surface area contributed by atoms with Crippen molar-refractivity contribution in [3.8, 4) is 17.0 Å². The molecular weight excluding hydrogens is 262 g/mol. The molecule has 1 fully saturated rings. The zero-order chi connectivity index (χ0) is 14.8. The van der Waals surface area contributed by atoms with Crippen LogP contribution in [0.5, 0.6) is 5.75 Å². The van der Waals surface area contributed by atoms with E-state index in [0.717, 1.165) is 42.7 Å². The summed E-state index contributed by atoms with van der Waals surface area (Å²) in [6, 6.07) is 8.44. The maximum absolute atomic E-state index is 6.00. The predicted molar refractivity (Wildman–Crippen MR) is 84.5 cm³/mol. The molecule has 4 heteroatoms. The van der Waals surface area contributed by atoms with Gasteiger partial charge in [-0.3, -0.25) is 5.10 Å². The van der Waals surface area contributed by atoms with E-state index < -0.39 is 0 Å². The molecule has 1 aliphatic rings. The molecule has 2 aromatic rings. The summed E-state index contributed by atoms with van der Waals surface area (Å²) in [5.41, 5.74) is 10.7. The van der Waals surface area contributed by atoms with Crippen molar-refractivity contribution in [2.45, 2.75) is 44.6 Å². The molecule has 1 aromatic heterocycles. The van der Waals surface area contributed by atoms with E-state index in [9.17, 15) is 0 Å². The number of nitrogens with one attached hydrogen (secondary N) is 1. The Labute approximate surface area is 125 Å². The lowest BCUT2D eigenvalue weighted by Gasteiger charge is -2.25. The van der Waals surface area contributed by atoms with E-state index in [2.05, 4.69) is 23.2 Å². The van der Waals surface area contributed by atoms with E-state index in [-0.39, 0.29) is 0 Å². The Morgan fingerprint density at radius 2 is 2.00 bits per heavy atom. The molecule has 0 radical (unpaired) electrons. The third kappa shape index (κ3) is 2.81. The highest BCUT2D eigenvalue weighted by molar-refractivity contribution is 5.65. The van der Waals surface area contributed by atoms with Gasteiger partial charge in [0.1, 0.15) is 5.75 Å². The summed E-state index contributed by atoms with van der Waals surface area (Å²) < 4.78 is 5.30. The van der Waals surface area contributed by atoms with Gasteiger partial charge in [0.05, 0.1) is 12.8 Å². The Morgan fingerprint density at radius 3 is 2.71 bits per heavy atom. The molecule has 0 aliphatic heterocycles. The summed E-state index contributed by atoms with van der Waals surface area (Å²) in [6.45, 7) is 2.15. The first-order valence-electron chi connectivity index (χ1n) is 7.64. The minimum Gasteiger partial charge on any atom is -0.497 e. The first kappa shape index (κ1) is 14.1. The van der Waals surface area contributed by atoms with Crippen molar-refractivity contribution in [1.29, 1.82) is 0 Å². The molecule has 3 rings (SSSR count). The van der Waals surface area contributed by atoms with Crippen molar-refractivity contribution in [2.24, 2.45) is 5.73 Å². The molecule has 1 saturated carbocycles. The molecule has 0 saturated heterocycles. The van der Waals surface area contributed by atoms with Crippen LogP contribution < -0.4 is 10.5 Å². The second-order valence-electron chi connectivity index (χ2n) is 5.95. The molecule has 0 unspecified atom stereocenters. The molecule has 112 valence electrons. The summed E-state index contributed by atoms with van der Waals surface area (Å²) in [7, 11) is 1.69. The van der Waals surface area contributed by atoms with Crippen LogP contribution in [0.4, 0.5) is 0 Å². The summed E-state index contributed by atoms with van der Waals surface area (Å²) >= 11 is 0. The van der Waals surface area contributed by atoms with Crippen LogP contribution in [-0.4, -0.2) is 23.3 Å². The van der Waals surface area contributed by atoms with E-state index in [4.69, 9.17) is 10.5 Å². The van der Waals surface area contributed by atoms with Gasteiger partial charge in [-0.15, -0.1) is 0 Å². The predicted octanol–water partition coefficient (Wildman–Crippen LogP) is 3.38. The quantitative estimate of drug-likeness (QED) is 0.908. The fraction of sp³-hybridized carbons (Fsp3) is 0.471. The highest BCUT2D eigenvalue weighted by Crippen LogP contribution is 2.36. The standard InChI is InChI=1S/C17H23N3O/c1-11-16(12-6-8-14(18)9-7-12)19-20-17(11)13-4-3-5-15(10-13)21-2/h3-5,10,12,14H,6-9,18H2,1-2H3,(H,19,20). The van der Waals surface area contributed by atoms with Crippen molar-refractivity contribution in [3.63, 3.8) is 0 Å². The number of nitrogens with zero attached hydrogens (tertiary/aromatic N) is 1. The Balaban J connectivity index is 1.88. The molecule has 4 nitrogen and oxygen atoms in total. The average molecular weight is 285 g/mol. The van der Waals surface area contributed by atoms with Crippen LogP contribution in [0.2, 0.25) is 0 Å². The maximum Gasteiger partial charge on any atom is 0.119 e. The summed E-state index contributed by atoms with van der Waals surface area (Å²) in [6.07, 6.45) is 4.53. The Kier molecular flexibility index (Phi) is 3.97. The maximum atomic E-state index is 6.00. The van der Waals surface area contributed by atoms with E-state index in [1.54, 1.807) is 7.11 Å². The second-order valence-corrected chi connectivity index (χ2v) is 5.95. The number of nitrogens with two attached hydrogens (primary N) is 1. The normalized spacial score (nSPS) is 22.2. The molecule has 1 aliphatic carbocycles. The molecule has 21 heavy (non-hydrogen) atoms.